The van der Waals surface area contributed by atoms with Gasteiger partial charge in [0, 0.05) is 19.2 Å². The standard InChI is InChI=1S/C19H21NO5S/c21-16-3-1-2-14(11-16)10-15-6-7-20(13-15)26(22,23)17-4-5-18-19(12-17)25-9-8-24-18/h1-5,11-12,15,21H,6-10,13H2. The molecule has 0 spiro atoms. The van der Waals surface area contributed by atoms with Gasteiger partial charge in [0.1, 0.15) is 19.0 Å². The number of phenols is 1. The Kier molecular flexibility index (Phi) is 4.50. The Balaban J connectivity index is 1.49. The predicted octanol–water partition coefficient (Wildman–Crippen LogP) is 2.42. The number of aromatic hydroxyl groups is 1. The third-order valence-corrected chi connectivity index (χ3v) is 6.70. The first-order chi connectivity index (χ1) is 12.5. The fraction of sp³-hybridized carbons (Fsp3) is 0.368. The average Bonchev–Trinajstić information content (AvgIpc) is 3.10. The lowest BCUT2D eigenvalue weighted by molar-refractivity contribution is 0.171. The molecule has 4 rings (SSSR count). The molecule has 0 saturated carbocycles. The van der Waals surface area contributed by atoms with Crippen molar-refractivity contribution in [3.05, 3.63) is 48.0 Å². The highest BCUT2D eigenvalue weighted by Crippen LogP contribution is 2.34. The highest BCUT2D eigenvalue weighted by atomic mass is 32.2. The zero-order chi connectivity index (χ0) is 18.1. The summed E-state index contributed by atoms with van der Waals surface area (Å²) in [6.07, 6.45) is 1.56. The molecular weight excluding hydrogens is 354 g/mol. The molecule has 2 aromatic rings. The monoisotopic (exact) mass is 375 g/mol. The van der Waals surface area contributed by atoms with Crippen molar-refractivity contribution >= 4 is 10.0 Å². The summed E-state index contributed by atoms with van der Waals surface area (Å²) in [5, 5.41) is 9.59. The van der Waals surface area contributed by atoms with Gasteiger partial charge in [-0.15, -0.1) is 0 Å². The molecule has 0 bridgehead atoms. The number of rotatable bonds is 4. The van der Waals surface area contributed by atoms with Gasteiger partial charge in [0.05, 0.1) is 4.90 Å². The second kappa shape index (κ2) is 6.81. The first kappa shape index (κ1) is 17.2. The topological polar surface area (TPSA) is 76.1 Å². The Labute approximate surface area is 153 Å². The maximum absolute atomic E-state index is 13.0. The number of nitrogens with zero attached hydrogens (tertiary/aromatic N) is 1. The molecule has 1 saturated heterocycles. The van der Waals surface area contributed by atoms with Crippen molar-refractivity contribution in [3.63, 3.8) is 0 Å². The second-order valence-corrected chi connectivity index (χ2v) is 8.64. The Bertz CT molecular complexity index is 912. The van der Waals surface area contributed by atoms with Gasteiger partial charge in [-0.25, -0.2) is 8.42 Å². The smallest absolute Gasteiger partial charge is 0.243 e. The lowest BCUT2D eigenvalue weighted by Gasteiger charge is -2.21. The van der Waals surface area contributed by atoms with Gasteiger partial charge < -0.3 is 14.6 Å². The number of fused-ring (bicyclic) bond motifs is 1. The van der Waals surface area contributed by atoms with Crippen molar-refractivity contribution in [1.82, 2.24) is 4.31 Å². The fourth-order valence-corrected chi connectivity index (χ4v) is 5.08. The third kappa shape index (κ3) is 3.37. The summed E-state index contributed by atoms with van der Waals surface area (Å²) >= 11 is 0. The van der Waals surface area contributed by atoms with Crippen LogP contribution < -0.4 is 9.47 Å². The van der Waals surface area contributed by atoms with E-state index in [4.69, 9.17) is 9.47 Å². The summed E-state index contributed by atoms with van der Waals surface area (Å²) in [6.45, 7) is 1.88. The van der Waals surface area contributed by atoms with Crippen LogP contribution in [-0.4, -0.2) is 44.1 Å². The largest absolute Gasteiger partial charge is 0.508 e. The van der Waals surface area contributed by atoms with E-state index in [9.17, 15) is 13.5 Å². The van der Waals surface area contributed by atoms with Crippen molar-refractivity contribution in [3.8, 4) is 17.2 Å². The summed E-state index contributed by atoms with van der Waals surface area (Å²) in [7, 11) is -3.56. The van der Waals surface area contributed by atoms with Gasteiger partial charge >= 0.3 is 0 Å². The van der Waals surface area contributed by atoms with Crippen LogP contribution in [0.3, 0.4) is 0 Å². The van der Waals surface area contributed by atoms with Gasteiger partial charge in [-0.2, -0.15) is 4.31 Å². The van der Waals surface area contributed by atoms with Gasteiger partial charge in [-0.05, 0) is 48.6 Å². The van der Waals surface area contributed by atoms with E-state index in [0.717, 1.165) is 18.4 Å². The summed E-state index contributed by atoms with van der Waals surface area (Å²) in [4.78, 5) is 0.236. The number of sulfonamides is 1. The number of ether oxygens (including phenoxy) is 2. The zero-order valence-corrected chi connectivity index (χ0v) is 15.1. The molecule has 0 amide bonds. The summed E-state index contributed by atoms with van der Waals surface area (Å²) < 4.78 is 38.4. The van der Waals surface area contributed by atoms with Crippen molar-refractivity contribution < 1.29 is 23.0 Å². The highest BCUT2D eigenvalue weighted by Gasteiger charge is 2.33. The molecule has 2 aromatic carbocycles. The van der Waals surface area contributed by atoms with Crippen molar-refractivity contribution in [1.29, 1.82) is 0 Å². The number of hydrogen-bond acceptors (Lipinski definition) is 5. The van der Waals surface area contributed by atoms with Crippen LogP contribution in [0.15, 0.2) is 47.4 Å². The van der Waals surface area contributed by atoms with Gasteiger partial charge in [0.15, 0.2) is 11.5 Å². The zero-order valence-electron chi connectivity index (χ0n) is 14.3. The fourth-order valence-electron chi connectivity index (χ4n) is 3.53. The van der Waals surface area contributed by atoms with Crippen LogP contribution in [0.5, 0.6) is 17.2 Å². The Morgan fingerprint density at radius 3 is 2.69 bits per heavy atom. The minimum atomic E-state index is -3.56. The Hall–Kier alpha value is -2.25. The summed E-state index contributed by atoms with van der Waals surface area (Å²) in [5.41, 5.74) is 1.02. The molecule has 1 unspecified atom stereocenters. The minimum absolute atomic E-state index is 0.236. The van der Waals surface area contributed by atoms with E-state index >= 15 is 0 Å². The molecule has 1 N–H and O–H groups in total. The molecule has 0 radical (unpaired) electrons. The van der Waals surface area contributed by atoms with Crippen LogP contribution in [-0.2, 0) is 16.4 Å². The Morgan fingerprint density at radius 1 is 1.08 bits per heavy atom. The van der Waals surface area contributed by atoms with Gasteiger partial charge in [-0.3, -0.25) is 0 Å². The normalized spacial score (nSPS) is 20.2. The first-order valence-corrected chi connectivity index (χ1v) is 10.1. The lowest BCUT2D eigenvalue weighted by atomic mass is 9.99. The van der Waals surface area contributed by atoms with Gasteiger partial charge in [-0.1, -0.05) is 12.1 Å². The van der Waals surface area contributed by atoms with Crippen LogP contribution in [0.2, 0.25) is 0 Å². The minimum Gasteiger partial charge on any atom is -0.508 e. The molecule has 0 aromatic heterocycles. The van der Waals surface area contributed by atoms with E-state index in [-0.39, 0.29) is 16.6 Å². The predicted molar refractivity (Wildman–Crippen MR) is 96.1 cm³/mol. The molecule has 138 valence electrons. The first-order valence-electron chi connectivity index (χ1n) is 8.70. The average molecular weight is 375 g/mol. The molecule has 0 aliphatic carbocycles. The van der Waals surface area contributed by atoms with Crippen LogP contribution >= 0.6 is 0 Å². The van der Waals surface area contributed by atoms with E-state index < -0.39 is 10.0 Å². The maximum atomic E-state index is 13.0. The number of hydrogen-bond donors (Lipinski definition) is 1. The van der Waals surface area contributed by atoms with Crippen molar-refractivity contribution in [2.75, 3.05) is 26.3 Å². The quantitative estimate of drug-likeness (QED) is 0.888. The summed E-state index contributed by atoms with van der Waals surface area (Å²) in [6, 6.07) is 11.9. The lowest BCUT2D eigenvalue weighted by Crippen LogP contribution is -2.29. The van der Waals surface area contributed by atoms with Crippen molar-refractivity contribution in [2.24, 2.45) is 5.92 Å². The highest BCUT2D eigenvalue weighted by molar-refractivity contribution is 7.89. The van der Waals surface area contributed by atoms with Crippen LogP contribution in [0.4, 0.5) is 0 Å². The van der Waals surface area contributed by atoms with Crippen LogP contribution in [0.25, 0.3) is 0 Å². The SMILES string of the molecule is O=S(=O)(c1ccc2c(c1)OCCO2)N1CCC(Cc2cccc(O)c2)C1. The van der Waals surface area contributed by atoms with E-state index in [1.165, 1.54) is 4.31 Å². The molecule has 6 nitrogen and oxygen atoms in total. The molecule has 7 heteroatoms. The van der Waals surface area contributed by atoms with Gasteiger partial charge in [0.2, 0.25) is 10.0 Å². The third-order valence-electron chi connectivity index (χ3n) is 4.83. The molecule has 2 aliphatic heterocycles. The second-order valence-electron chi connectivity index (χ2n) is 6.70. The molecule has 2 aliphatic rings. The van der Waals surface area contributed by atoms with E-state index in [1.54, 1.807) is 30.3 Å². The van der Waals surface area contributed by atoms with Crippen LogP contribution in [0.1, 0.15) is 12.0 Å². The van der Waals surface area contributed by atoms with Crippen LogP contribution in [0, 0.1) is 5.92 Å². The Morgan fingerprint density at radius 2 is 1.88 bits per heavy atom. The summed E-state index contributed by atoms with van der Waals surface area (Å²) in [5.74, 6) is 1.54. The maximum Gasteiger partial charge on any atom is 0.243 e. The van der Waals surface area contributed by atoms with Gasteiger partial charge in [0.25, 0.3) is 0 Å². The number of benzene rings is 2. The van der Waals surface area contributed by atoms with E-state index in [2.05, 4.69) is 0 Å². The molecule has 1 atom stereocenters. The number of phenolic OH excluding ortho intramolecular Hbond substituents is 1. The van der Waals surface area contributed by atoms with Crippen molar-refractivity contribution in [2.45, 2.75) is 17.7 Å². The molecule has 26 heavy (non-hydrogen) atoms. The molecule has 2 heterocycles. The molecular formula is C19H21NO5S. The van der Waals surface area contributed by atoms with E-state index in [0.29, 0.717) is 37.8 Å². The molecule has 1 fully saturated rings. The van der Waals surface area contributed by atoms with E-state index in [1.807, 2.05) is 12.1 Å².